The molecule has 2 aromatic carbocycles. The zero-order chi connectivity index (χ0) is 18.1. The number of ether oxygens (including phenoxy) is 4. The van der Waals surface area contributed by atoms with Gasteiger partial charge in [0.05, 0.1) is 27.4 Å². The van der Waals surface area contributed by atoms with Crippen molar-refractivity contribution in [1.29, 1.82) is 0 Å². The second kappa shape index (κ2) is 9.52. The molecule has 0 aliphatic rings. The Hall–Kier alpha value is -2.76. The summed E-state index contributed by atoms with van der Waals surface area (Å²) in [7, 11) is 3.20. The number of methoxy groups -OCH3 is 2. The molecule has 25 heavy (non-hydrogen) atoms. The quantitative estimate of drug-likeness (QED) is 0.637. The average molecular weight is 348 g/mol. The van der Waals surface area contributed by atoms with Gasteiger partial charge in [-0.3, -0.25) is 0 Å². The van der Waals surface area contributed by atoms with Gasteiger partial charge < -0.3 is 29.2 Å². The molecule has 2 aromatic rings. The number of hydrogen-bond donors (Lipinski definition) is 2. The standard InChI is InChI=1S/C19H24O6/c1-22-16-11-17(23-2)13-19(12-16)25-7-5-3-4-6-24-18-9-14(20)8-15(21)10-18/h8-13,20-21H,3-7H2,1-2H3. The maximum absolute atomic E-state index is 9.38. The molecule has 0 aliphatic heterocycles. The Morgan fingerprint density at radius 2 is 1.04 bits per heavy atom. The molecule has 2 N–H and O–H groups in total. The summed E-state index contributed by atoms with van der Waals surface area (Å²) in [6.07, 6.45) is 2.67. The van der Waals surface area contributed by atoms with E-state index in [2.05, 4.69) is 0 Å². The fourth-order valence-electron chi connectivity index (χ4n) is 2.28. The van der Waals surface area contributed by atoms with E-state index in [1.54, 1.807) is 20.3 Å². The van der Waals surface area contributed by atoms with Gasteiger partial charge in [0.15, 0.2) is 0 Å². The predicted octanol–water partition coefficient (Wildman–Crippen LogP) is 3.74. The fraction of sp³-hybridized carbons (Fsp3) is 0.368. The summed E-state index contributed by atoms with van der Waals surface area (Å²) in [5.74, 6) is 2.52. The molecule has 6 nitrogen and oxygen atoms in total. The van der Waals surface area contributed by atoms with Crippen molar-refractivity contribution in [1.82, 2.24) is 0 Å². The molecule has 0 unspecified atom stereocenters. The van der Waals surface area contributed by atoms with Crippen LogP contribution in [-0.4, -0.2) is 37.6 Å². The highest BCUT2D eigenvalue weighted by atomic mass is 16.5. The monoisotopic (exact) mass is 348 g/mol. The smallest absolute Gasteiger partial charge is 0.126 e. The largest absolute Gasteiger partial charge is 0.508 e. The van der Waals surface area contributed by atoms with Gasteiger partial charge in [0.2, 0.25) is 0 Å². The molecule has 2 rings (SSSR count). The molecule has 0 heterocycles. The minimum Gasteiger partial charge on any atom is -0.508 e. The van der Waals surface area contributed by atoms with Crippen molar-refractivity contribution in [2.24, 2.45) is 0 Å². The SMILES string of the molecule is COc1cc(OC)cc(OCCCCCOc2cc(O)cc(O)c2)c1. The third kappa shape index (κ3) is 6.33. The van der Waals surface area contributed by atoms with Crippen molar-refractivity contribution in [3.05, 3.63) is 36.4 Å². The van der Waals surface area contributed by atoms with Gasteiger partial charge in [0.1, 0.15) is 34.5 Å². The van der Waals surface area contributed by atoms with E-state index >= 15 is 0 Å². The van der Waals surface area contributed by atoms with E-state index in [9.17, 15) is 10.2 Å². The summed E-state index contributed by atoms with van der Waals surface area (Å²) in [5.41, 5.74) is 0. The maximum Gasteiger partial charge on any atom is 0.126 e. The zero-order valence-corrected chi connectivity index (χ0v) is 14.5. The molecular formula is C19H24O6. The summed E-state index contributed by atoms with van der Waals surface area (Å²) in [4.78, 5) is 0. The third-order valence-corrected chi connectivity index (χ3v) is 3.53. The van der Waals surface area contributed by atoms with Crippen LogP contribution in [0.2, 0.25) is 0 Å². The lowest BCUT2D eigenvalue weighted by molar-refractivity contribution is 0.276. The molecule has 0 aromatic heterocycles. The van der Waals surface area contributed by atoms with Crippen molar-refractivity contribution < 1.29 is 29.2 Å². The number of unbranched alkanes of at least 4 members (excludes halogenated alkanes) is 2. The molecule has 0 saturated heterocycles. The van der Waals surface area contributed by atoms with Crippen molar-refractivity contribution in [2.75, 3.05) is 27.4 Å². The second-order valence-electron chi connectivity index (χ2n) is 5.49. The topological polar surface area (TPSA) is 77.4 Å². The number of hydrogen-bond acceptors (Lipinski definition) is 6. The highest BCUT2D eigenvalue weighted by molar-refractivity contribution is 5.42. The summed E-state index contributed by atoms with van der Waals surface area (Å²) in [5, 5.41) is 18.8. The summed E-state index contributed by atoms with van der Waals surface area (Å²) < 4.78 is 21.6. The summed E-state index contributed by atoms with van der Waals surface area (Å²) in [6, 6.07) is 9.64. The van der Waals surface area contributed by atoms with E-state index in [0.29, 0.717) is 36.2 Å². The van der Waals surface area contributed by atoms with E-state index in [-0.39, 0.29) is 11.5 Å². The molecule has 0 radical (unpaired) electrons. The van der Waals surface area contributed by atoms with Crippen LogP contribution in [0.3, 0.4) is 0 Å². The molecule has 0 aliphatic carbocycles. The van der Waals surface area contributed by atoms with Crippen molar-refractivity contribution in [3.63, 3.8) is 0 Å². The van der Waals surface area contributed by atoms with Gasteiger partial charge in [-0.15, -0.1) is 0 Å². The molecule has 0 fully saturated rings. The molecule has 0 saturated carbocycles. The van der Waals surface area contributed by atoms with Gasteiger partial charge in [-0.05, 0) is 19.3 Å². The molecular weight excluding hydrogens is 324 g/mol. The van der Waals surface area contributed by atoms with Crippen LogP contribution in [0.25, 0.3) is 0 Å². The second-order valence-corrected chi connectivity index (χ2v) is 5.49. The Labute approximate surface area is 147 Å². The molecule has 136 valence electrons. The predicted molar refractivity (Wildman–Crippen MR) is 94.2 cm³/mol. The molecule has 6 heteroatoms. The highest BCUT2D eigenvalue weighted by Gasteiger charge is 2.03. The van der Waals surface area contributed by atoms with Crippen LogP contribution in [0, 0.1) is 0 Å². The first kappa shape index (κ1) is 18.6. The highest BCUT2D eigenvalue weighted by Crippen LogP contribution is 2.28. The van der Waals surface area contributed by atoms with Gasteiger partial charge in [-0.2, -0.15) is 0 Å². The number of phenolic OH excluding ortho intramolecular Hbond substituents is 2. The van der Waals surface area contributed by atoms with Crippen LogP contribution in [0.15, 0.2) is 36.4 Å². The van der Waals surface area contributed by atoms with E-state index in [1.165, 1.54) is 18.2 Å². The van der Waals surface area contributed by atoms with E-state index < -0.39 is 0 Å². The van der Waals surface area contributed by atoms with Crippen LogP contribution < -0.4 is 18.9 Å². The van der Waals surface area contributed by atoms with Crippen molar-refractivity contribution in [3.8, 4) is 34.5 Å². The lowest BCUT2D eigenvalue weighted by Crippen LogP contribution is -2.01. The Morgan fingerprint density at radius 3 is 1.52 bits per heavy atom. The Kier molecular flexibility index (Phi) is 7.07. The normalized spacial score (nSPS) is 10.3. The fourth-order valence-corrected chi connectivity index (χ4v) is 2.28. The van der Waals surface area contributed by atoms with Gasteiger partial charge >= 0.3 is 0 Å². The van der Waals surface area contributed by atoms with Crippen molar-refractivity contribution >= 4 is 0 Å². The first-order valence-corrected chi connectivity index (χ1v) is 8.12. The van der Waals surface area contributed by atoms with E-state index in [4.69, 9.17) is 18.9 Å². The lowest BCUT2D eigenvalue weighted by atomic mass is 10.2. The minimum atomic E-state index is -0.0166. The first-order valence-electron chi connectivity index (χ1n) is 8.12. The lowest BCUT2D eigenvalue weighted by Gasteiger charge is -2.10. The Morgan fingerprint density at radius 1 is 0.600 bits per heavy atom. The zero-order valence-electron chi connectivity index (χ0n) is 14.5. The number of aromatic hydroxyl groups is 2. The molecule has 0 atom stereocenters. The van der Waals surface area contributed by atoms with Gasteiger partial charge in [0.25, 0.3) is 0 Å². The third-order valence-electron chi connectivity index (χ3n) is 3.53. The van der Waals surface area contributed by atoms with Crippen LogP contribution >= 0.6 is 0 Å². The van der Waals surface area contributed by atoms with E-state index in [1.807, 2.05) is 12.1 Å². The Balaban J connectivity index is 1.65. The van der Waals surface area contributed by atoms with Gasteiger partial charge in [-0.25, -0.2) is 0 Å². The van der Waals surface area contributed by atoms with E-state index in [0.717, 1.165) is 19.3 Å². The number of phenols is 2. The summed E-state index contributed by atoms with van der Waals surface area (Å²) >= 11 is 0. The van der Waals surface area contributed by atoms with Crippen LogP contribution in [0.1, 0.15) is 19.3 Å². The molecule has 0 amide bonds. The maximum atomic E-state index is 9.38. The average Bonchev–Trinajstić information content (AvgIpc) is 2.59. The van der Waals surface area contributed by atoms with Crippen LogP contribution in [-0.2, 0) is 0 Å². The first-order chi connectivity index (χ1) is 12.1. The van der Waals surface area contributed by atoms with Crippen LogP contribution in [0.5, 0.6) is 34.5 Å². The summed E-state index contributed by atoms with van der Waals surface area (Å²) in [6.45, 7) is 1.10. The Bertz CT molecular complexity index is 628. The molecule has 0 bridgehead atoms. The minimum absolute atomic E-state index is 0.0166. The van der Waals surface area contributed by atoms with Crippen LogP contribution in [0.4, 0.5) is 0 Å². The number of benzene rings is 2. The number of rotatable bonds is 10. The molecule has 0 spiro atoms. The van der Waals surface area contributed by atoms with Gasteiger partial charge in [-0.1, -0.05) is 0 Å². The van der Waals surface area contributed by atoms with Gasteiger partial charge in [0, 0.05) is 36.4 Å². The van der Waals surface area contributed by atoms with Crippen molar-refractivity contribution in [2.45, 2.75) is 19.3 Å².